The number of ketones is 1. The van der Waals surface area contributed by atoms with Crippen molar-refractivity contribution in [2.75, 3.05) is 6.61 Å². The van der Waals surface area contributed by atoms with Crippen LogP contribution in [0, 0.1) is 5.92 Å². The molecule has 0 radical (unpaired) electrons. The van der Waals surface area contributed by atoms with Crippen molar-refractivity contribution in [1.82, 2.24) is 0 Å². The van der Waals surface area contributed by atoms with E-state index in [1.54, 1.807) is 13.0 Å². The fourth-order valence-electron chi connectivity index (χ4n) is 2.26. The molecule has 2 rings (SSSR count). The molecule has 4 nitrogen and oxygen atoms in total. The second-order valence-electron chi connectivity index (χ2n) is 5.76. The minimum atomic E-state index is -0.210. The van der Waals surface area contributed by atoms with E-state index < -0.39 is 0 Å². The van der Waals surface area contributed by atoms with Crippen LogP contribution in [0.1, 0.15) is 43.1 Å². The molecule has 0 spiro atoms. The van der Waals surface area contributed by atoms with Crippen LogP contribution in [0.4, 0.5) is 0 Å². The van der Waals surface area contributed by atoms with E-state index in [4.69, 9.17) is 9.47 Å². The van der Waals surface area contributed by atoms with Gasteiger partial charge < -0.3 is 9.47 Å². The summed E-state index contributed by atoms with van der Waals surface area (Å²) < 4.78 is 11.1. The Hall–Kier alpha value is -2.10. The molecule has 1 aliphatic heterocycles. The Morgan fingerprint density at radius 1 is 1.45 bits per heavy atom. The number of benzene rings is 1. The molecule has 0 aromatic heterocycles. The molecule has 0 amide bonds. The van der Waals surface area contributed by atoms with E-state index in [9.17, 15) is 9.59 Å². The molecule has 0 saturated heterocycles. The molecule has 0 N–H and O–H groups in total. The molecule has 1 aliphatic rings. The van der Waals surface area contributed by atoms with Crippen LogP contribution in [0.2, 0.25) is 0 Å². The van der Waals surface area contributed by atoms with E-state index in [2.05, 4.69) is 6.58 Å². The highest BCUT2D eigenvalue weighted by molar-refractivity contribution is 5.94. The monoisotopic (exact) mass is 302 g/mol. The van der Waals surface area contributed by atoms with Gasteiger partial charge in [0.15, 0.2) is 5.78 Å². The number of Topliss-reactive ketones (excluding diaryl/α,β-unsaturated/α-hetero) is 1. The van der Waals surface area contributed by atoms with Gasteiger partial charge in [-0.25, -0.2) is 0 Å². The second-order valence-corrected chi connectivity index (χ2v) is 5.76. The zero-order chi connectivity index (χ0) is 16.3. The number of carbonyl (C=O) groups excluding carboxylic acids is 2. The van der Waals surface area contributed by atoms with E-state index in [0.717, 1.165) is 23.3 Å². The lowest BCUT2D eigenvalue weighted by Crippen LogP contribution is -2.22. The highest BCUT2D eigenvalue weighted by Gasteiger charge is 2.26. The molecule has 2 atom stereocenters. The predicted octanol–water partition coefficient (Wildman–Crippen LogP) is 3.34. The third-order valence-corrected chi connectivity index (χ3v) is 4.01. The zero-order valence-electron chi connectivity index (χ0n) is 13.3. The van der Waals surface area contributed by atoms with E-state index in [1.165, 1.54) is 0 Å². The lowest BCUT2D eigenvalue weighted by atomic mass is 10.0. The maximum Gasteiger partial charge on any atom is 0.308 e. The highest BCUT2D eigenvalue weighted by atomic mass is 16.5. The average Bonchev–Trinajstić information content (AvgIpc) is 2.94. The Labute approximate surface area is 131 Å². The number of hydrogen-bond donors (Lipinski definition) is 0. The minimum absolute atomic E-state index is 0.0348. The van der Waals surface area contributed by atoms with Gasteiger partial charge in [-0.15, -0.1) is 0 Å². The Bertz CT molecular complexity index is 603. The number of fused-ring (bicyclic) bond motifs is 1. The first-order valence-electron chi connectivity index (χ1n) is 7.57. The first-order chi connectivity index (χ1) is 10.4. The van der Waals surface area contributed by atoms with Gasteiger partial charge in [0.1, 0.15) is 18.5 Å². The largest absolute Gasteiger partial charge is 0.485 e. The molecule has 0 bridgehead atoms. The van der Waals surface area contributed by atoms with Crippen molar-refractivity contribution in [3.63, 3.8) is 0 Å². The zero-order valence-corrected chi connectivity index (χ0v) is 13.3. The van der Waals surface area contributed by atoms with Crippen molar-refractivity contribution in [3.8, 4) is 5.75 Å². The molecule has 118 valence electrons. The van der Waals surface area contributed by atoms with E-state index in [1.807, 2.05) is 26.0 Å². The molecule has 22 heavy (non-hydrogen) atoms. The van der Waals surface area contributed by atoms with Crippen molar-refractivity contribution < 1.29 is 19.1 Å². The second kappa shape index (κ2) is 6.77. The third-order valence-electron chi connectivity index (χ3n) is 4.01. The van der Waals surface area contributed by atoms with Crippen molar-refractivity contribution in [2.24, 2.45) is 5.92 Å². The molecule has 1 heterocycles. The van der Waals surface area contributed by atoms with Gasteiger partial charge in [0.2, 0.25) is 0 Å². The first-order valence-corrected chi connectivity index (χ1v) is 7.57. The van der Waals surface area contributed by atoms with Crippen LogP contribution in [0.5, 0.6) is 5.75 Å². The lowest BCUT2D eigenvalue weighted by Gasteiger charge is -2.15. The Kier molecular flexibility index (Phi) is 5.01. The van der Waals surface area contributed by atoms with Crippen LogP contribution in [-0.4, -0.2) is 24.5 Å². The molecule has 1 aromatic carbocycles. The molecule has 0 fully saturated rings. The maximum atomic E-state index is 11.7. The summed E-state index contributed by atoms with van der Waals surface area (Å²) in [5.41, 5.74) is 2.40. The van der Waals surface area contributed by atoms with Crippen LogP contribution in [-0.2, 0) is 16.0 Å². The molecular formula is C18H22O4. The van der Waals surface area contributed by atoms with Crippen LogP contribution in [0.3, 0.4) is 0 Å². The van der Waals surface area contributed by atoms with Gasteiger partial charge in [-0.05, 0) is 37.1 Å². The molecule has 4 heteroatoms. The van der Waals surface area contributed by atoms with Gasteiger partial charge in [0.25, 0.3) is 0 Å². The summed E-state index contributed by atoms with van der Waals surface area (Å²) in [6.45, 7) is 9.47. The van der Waals surface area contributed by atoms with E-state index in [0.29, 0.717) is 12.0 Å². The van der Waals surface area contributed by atoms with Gasteiger partial charge in [-0.1, -0.05) is 20.4 Å². The summed E-state index contributed by atoms with van der Waals surface area (Å²) in [5, 5.41) is 0. The maximum absolute atomic E-state index is 11.7. The number of hydrogen-bond acceptors (Lipinski definition) is 4. The molecule has 1 aromatic rings. The Morgan fingerprint density at radius 3 is 2.82 bits per heavy atom. The van der Waals surface area contributed by atoms with E-state index >= 15 is 0 Å². The predicted molar refractivity (Wildman–Crippen MR) is 84.1 cm³/mol. The summed E-state index contributed by atoms with van der Waals surface area (Å²) in [6.07, 6.45) is 1.20. The first kappa shape index (κ1) is 16.3. The van der Waals surface area contributed by atoms with Crippen LogP contribution < -0.4 is 4.74 Å². The van der Waals surface area contributed by atoms with Crippen molar-refractivity contribution >= 4 is 11.8 Å². The Balaban J connectivity index is 1.94. The van der Waals surface area contributed by atoms with Crippen molar-refractivity contribution in [1.29, 1.82) is 0 Å². The van der Waals surface area contributed by atoms with Gasteiger partial charge in [0.05, 0.1) is 5.92 Å². The van der Waals surface area contributed by atoms with Crippen LogP contribution in [0.15, 0.2) is 30.4 Å². The average molecular weight is 302 g/mol. The highest BCUT2D eigenvalue weighted by Crippen LogP contribution is 2.32. The molecular weight excluding hydrogens is 280 g/mol. The van der Waals surface area contributed by atoms with E-state index in [-0.39, 0.29) is 30.4 Å². The molecule has 0 saturated carbocycles. The number of ether oxygens (including phenoxy) is 2. The van der Waals surface area contributed by atoms with Crippen molar-refractivity contribution in [2.45, 2.75) is 39.7 Å². The topological polar surface area (TPSA) is 52.6 Å². The number of carbonyl (C=O) groups is 2. The van der Waals surface area contributed by atoms with Crippen LogP contribution in [0.25, 0.3) is 0 Å². The third kappa shape index (κ3) is 3.56. The summed E-state index contributed by atoms with van der Waals surface area (Å²) in [6, 6.07) is 5.43. The smallest absolute Gasteiger partial charge is 0.308 e. The summed E-state index contributed by atoms with van der Waals surface area (Å²) >= 11 is 0. The van der Waals surface area contributed by atoms with Gasteiger partial charge in [-0.2, -0.15) is 0 Å². The van der Waals surface area contributed by atoms with Crippen LogP contribution >= 0.6 is 0 Å². The number of rotatable bonds is 6. The van der Waals surface area contributed by atoms with Gasteiger partial charge in [0, 0.05) is 17.6 Å². The van der Waals surface area contributed by atoms with Gasteiger partial charge >= 0.3 is 5.97 Å². The SMILES string of the molecule is C=C(COC(=O)C(C)CC)C1Cc2cc(C(C)=O)ccc2O1. The number of esters is 1. The fourth-order valence-corrected chi connectivity index (χ4v) is 2.26. The summed E-state index contributed by atoms with van der Waals surface area (Å²) in [7, 11) is 0. The lowest BCUT2D eigenvalue weighted by molar-refractivity contribution is -0.147. The fraction of sp³-hybridized carbons (Fsp3) is 0.444. The minimum Gasteiger partial charge on any atom is -0.485 e. The summed E-state index contributed by atoms with van der Waals surface area (Å²) in [4.78, 5) is 23.1. The quantitative estimate of drug-likeness (QED) is 0.459. The summed E-state index contributed by atoms with van der Waals surface area (Å²) in [5.74, 6) is 0.489. The molecule has 0 aliphatic carbocycles. The normalized spacial score (nSPS) is 17.3. The molecule has 2 unspecified atom stereocenters. The van der Waals surface area contributed by atoms with Gasteiger partial charge in [-0.3, -0.25) is 9.59 Å². The van der Waals surface area contributed by atoms with Crippen molar-refractivity contribution in [3.05, 3.63) is 41.5 Å². The standard InChI is InChI=1S/C18H22O4/c1-5-11(2)18(20)21-10-12(3)17-9-15-8-14(13(4)19)6-7-16(15)22-17/h6-8,11,17H,3,5,9-10H2,1-2,4H3. The Morgan fingerprint density at radius 2 is 2.18 bits per heavy atom.